The molecule has 5 heteroatoms. The summed E-state index contributed by atoms with van der Waals surface area (Å²) in [4.78, 5) is 11.3. The quantitative estimate of drug-likeness (QED) is 0.847. The van der Waals surface area contributed by atoms with E-state index in [2.05, 4.69) is 6.92 Å². The van der Waals surface area contributed by atoms with E-state index in [-0.39, 0.29) is 17.6 Å². The van der Waals surface area contributed by atoms with Gasteiger partial charge in [-0.25, -0.2) is 8.42 Å². The molecular formula is C15H28O4S. The molecule has 20 heavy (non-hydrogen) atoms. The summed E-state index contributed by atoms with van der Waals surface area (Å²) < 4.78 is 23.6. The largest absolute Gasteiger partial charge is 0.481 e. The molecule has 118 valence electrons. The van der Waals surface area contributed by atoms with Gasteiger partial charge in [0.25, 0.3) is 0 Å². The molecule has 0 amide bonds. The lowest BCUT2D eigenvalue weighted by Crippen LogP contribution is -2.35. The maximum absolute atomic E-state index is 12.2. The highest BCUT2D eigenvalue weighted by Gasteiger charge is 2.36. The number of hydrogen-bond acceptors (Lipinski definition) is 3. The summed E-state index contributed by atoms with van der Waals surface area (Å²) in [5.74, 6) is -0.483. The van der Waals surface area contributed by atoms with Gasteiger partial charge < -0.3 is 5.11 Å². The fourth-order valence-electron chi connectivity index (χ4n) is 2.99. The number of aliphatic carboxylic acids is 1. The third-order valence-corrected chi connectivity index (χ3v) is 7.32. The Kier molecular flexibility index (Phi) is 5.64. The molecule has 0 aromatic rings. The molecule has 0 aromatic heterocycles. The van der Waals surface area contributed by atoms with Crippen molar-refractivity contribution in [1.82, 2.24) is 0 Å². The van der Waals surface area contributed by atoms with E-state index in [0.29, 0.717) is 18.8 Å². The normalized spacial score (nSPS) is 28.3. The van der Waals surface area contributed by atoms with Crippen molar-refractivity contribution < 1.29 is 18.3 Å². The fourth-order valence-corrected chi connectivity index (χ4v) is 4.21. The van der Waals surface area contributed by atoms with Crippen LogP contribution >= 0.6 is 0 Å². The molecule has 0 spiro atoms. The van der Waals surface area contributed by atoms with Crippen LogP contribution in [0.4, 0.5) is 0 Å². The third kappa shape index (κ3) is 4.21. The summed E-state index contributed by atoms with van der Waals surface area (Å²) in [6.45, 7) is 7.22. The van der Waals surface area contributed by atoms with Gasteiger partial charge in [0.1, 0.15) is 0 Å². The van der Waals surface area contributed by atoms with E-state index in [9.17, 15) is 18.3 Å². The van der Waals surface area contributed by atoms with Crippen molar-refractivity contribution in [2.24, 2.45) is 17.8 Å². The van der Waals surface area contributed by atoms with Crippen molar-refractivity contribution in [3.05, 3.63) is 0 Å². The Balaban J connectivity index is 2.73. The average molecular weight is 304 g/mol. The second kappa shape index (κ2) is 6.46. The molecule has 3 unspecified atom stereocenters. The molecule has 1 saturated carbocycles. The first-order valence-electron chi connectivity index (χ1n) is 7.53. The van der Waals surface area contributed by atoms with E-state index in [1.807, 2.05) is 0 Å². The summed E-state index contributed by atoms with van der Waals surface area (Å²) in [6.07, 6.45) is 4.03. The number of rotatable bonds is 5. The van der Waals surface area contributed by atoms with Crippen molar-refractivity contribution in [2.75, 3.05) is 5.75 Å². The number of carbonyl (C=O) groups is 1. The van der Waals surface area contributed by atoms with E-state index < -0.39 is 20.6 Å². The number of sulfone groups is 1. The summed E-state index contributed by atoms with van der Waals surface area (Å²) in [7, 11) is -3.16. The molecule has 1 rings (SSSR count). The van der Waals surface area contributed by atoms with Crippen LogP contribution in [0.5, 0.6) is 0 Å². The minimum atomic E-state index is -3.16. The standard InChI is InChI=1S/C15H28O4S/c1-5-11-6-7-13(14(16)17)12(10-11)8-9-20(18,19)15(2,3)4/h11-13H,5-10H2,1-4H3,(H,16,17). The highest BCUT2D eigenvalue weighted by Crippen LogP contribution is 2.38. The highest BCUT2D eigenvalue weighted by molar-refractivity contribution is 7.92. The van der Waals surface area contributed by atoms with Crippen molar-refractivity contribution in [3.63, 3.8) is 0 Å². The lowest BCUT2D eigenvalue weighted by molar-refractivity contribution is -0.145. The van der Waals surface area contributed by atoms with Crippen molar-refractivity contribution in [3.8, 4) is 0 Å². The van der Waals surface area contributed by atoms with Gasteiger partial charge in [-0.15, -0.1) is 0 Å². The lowest BCUT2D eigenvalue weighted by Gasteiger charge is -2.34. The monoisotopic (exact) mass is 304 g/mol. The Bertz CT molecular complexity index is 433. The Hall–Kier alpha value is -0.580. The molecule has 0 bridgehead atoms. The minimum absolute atomic E-state index is 0.00308. The zero-order chi connectivity index (χ0) is 15.6. The van der Waals surface area contributed by atoms with E-state index in [4.69, 9.17) is 0 Å². The number of carboxylic acid groups (broad SMARTS) is 1. The molecule has 0 heterocycles. The lowest BCUT2D eigenvalue weighted by atomic mass is 9.72. The minimum Gasteiger partial charge on any atom is -0.481 e. The van der Waals surface area contributed by atoms with E-state index in [0.717, 1.165) is 19.3 Å². The summed E-state index contributed by atoms with van der Waals surface area (Å²) in [5, 5.41) is 9.31. The van der Waals surface area contributed by atoms with E-state index >= 15 is 0 Å². The topological polar surface area (TPSA) is 71.4 Å². The van der Waals surface area contributed by atoms with Crippen LogP contribution < -0.4 is 0 Å². The first-order chi connectivity index (χ1) is 9.08. The molecule has 1 aliphatic rings. The number of hydrogen-bond donors (Lipinski definition) is 1. The molecule has 0 radical (unpaired) electrons. The summed E-state index contributed by atoms with van der Waals surface area (Å²) >= 11 is 0. The smallest absolute Gasteiger partial charge is 0.306 e. The van der Waals surface area contributed by atoms with Crippen LogP contribution in [0, 0.1) is 17.8 Å². The van der Waals surface area contributed by atoms with Crippen molar-refractivity contribution >= 4 is 15.8 Å². The Morgan fingerprint density at radius 1 is 1.25 bits per heavy atom. The van der Waals surface area contributed by atoms with Gasteiger partial charge in [-0.2, -0.15) is 0 Å². The Labute approximate surface area is 122 Å². The van der Waals surface area contributed by atoms with Gasteiger partial charge >= 0.3 is 5.97 Å². The second-order valence-electron chi connectivity index (χ2n) is 7.01. The maximum atomic E-state index is 12.2. The van der Waals surface area contributed by atoms with E-state index in [1.165, 1.54) is 0 Å². The maximum Gasteiger partial charge on any atom is 0.306 e. The van der Waals surface area contributed by atoms with Gasteiger partial charge in [0.15, 0.2) is 9.84 Å². The molecule has 0 aromatic carbocycles. The van der Waals surface area contributed by atoms with Crippen LogP contribution in [0.3, 0.4) is 0 Å². The SMILES string of the molecule is CCC1CCC(C(=O)O)C(CCS(=O)(=O)C(C)(C)C)C1. The molecule has 0 saturated heterocycles. The van der Waals surface area contributed by atoms with Gasteiger partial charge in [0.05, 0.1) is 16.4 Å². The zero-order valence-electron chi connectivity index (χ0n) is 13.1. The first-order valence-corrected chi connectivity index (χ1v) is 9.18. The summed E-state index contributed by atoms with van der Waals surface area (Å²) in [6, 6.07) is 0. The molecule has 1 aliphatic carbocycles. The molecule has 0 aliphatic heterocycles. The second-order valence-corrected chi connectivity index (χ2v) is 9.87. The summed E-state index contributed by atoms with van der Waals surface area (Å²) in [5.41, 5.74) is 0. The van der Waals surface area contributed by atoms with Crippen LogP contribution in [0.15, 0.2) is 0 Å². The van der Waals surface area contributed by atoms with Crippen LogP contribution in [0.1, 0.15) is 59.8 Å². The zero-order valence-corrected chi connectivity index (χ0v) is 13.9. The van der Waals surface area contributed by atoms with Gasteiger partial charge in [0, 0.05) is 0 Å². The highest BCUT2D eigenvalue weighted by atomic mass is 32.2. The van der Waals surface area contributed by atoms with Crippen LogP contribution in [0.2, 0.25) is 0 Å². The first kappa shape index (κ1) is 17.5. The van der Waals surface area contributed by atoms with Crippen molar-refractivity contribution in [2.45, 2.75) is 64.5 Å². The molecule has 4 nitrogen and oxygen atoms in total. The van der Waals surface area contributed by atoms with Gasteiger partial charge in [0.2, 0.25) is 0 Å². The van der Waals surface area contributed by atoms with E-state index in [1.54, 1.807) is 20.8 Å². The van der Waals surface area contributed by atoms with Gasteiger partial charge in [-0.3, -0.25) is 4.79 Å². The van der Waals surface area contributed by atoms with Gasteiger partial charge in [-0.05, 0) is 58.3 Å². The van der Waals surface area contributed by atoms with Crippen LogP contribution in [0.25, 0.3) is 0 Å². The average Bonchev–Trinajstić information content (AvgIpc) is 2.34. The van der Waals surface area contributed by atoms with Crippen LogP contribution in [-0.4, -0.2) is 30.0 Å². The number of carboxylic acids is 1. The van der Waals surface area contributed by atoms with Gasteiger partial charge in [-0.1, -0.05) is 13.3 Å². The third-order valence-electron chi connectivity index (χ3n) is 4.68. The fraction of sp³-hybridized carbons (Fsp3) is 0.933. The molecular weight excluding hydrogens is 276 g/mol. The van der Waals surface area contributed by atoms with Crippen LogP contribution in [-0.2, 0) is 14.6 Å². The molecule has 1 fully saturated rings. The predicted molar refractivity (Wildman–Crippen MR) is 80.4 cm³/mol. The molecule has 1 N–H and O–H groups in total. The predicted octanol–water partition coefficient (Wildman–Crippen LogP) is 3.12. The van der Waals surface area contributed by atoms with Crippen molar-refractivity contribution in [1.29, 1.82) is 0 Å². The molecule has 3 atom stereocenters. The Morgan fingerprint density at radius 3 is 2.30 bits per heavy atom. The Morgan fingerprint density at radius 2 is 1.85 bits per heavy atom.